The van der Waals surface area contributed by atoms with Crippen LogP contribution in [-0.4, -0.2) is 54.5 Å². The molecule has 0 aliphatic carbocycles. The second kappa shape index (κ2) is 7.38. The lowest BCUT2D eigenvalue weighted by molar-refractivity contribution is 0.177. The zero-order valence-electron chi connectivity index (χ0n) is 12.7. The molecule has 2 N–H and O–H groups in total. The summed E-state index contributed by atoms with van der Waals surface area (Å²) in [4.78, 5) is 10.9. The summed E-state index contributed by atoms with van der Waals surface area (Å²) in [7, 11) is 1.94. The van der Waals surface area contributed by atoms with Crippen LogP contribution in [0.1, 0.15) is 18.9 Å². The highest BCUT2D eigenvalue weighted by Gasteiger charge is 2.28. The van der Waals surface area contributed by atoms with Crippen molar-refractivity contribution in [2.45, 2.75) is 19.4 Å². The van der Waals surface area contributed by atoms with E-state index in [-0.39, 0.29) is 12.5 Å². The molecule has 0 amide bonds. The van der Waals surface area contributed by atoms with E-state index in [0.717, 1.165) is 25.1 Å². The van der Waals surface area contributed by atoms with Gasteiger partial charge in [0.25, 0.3) is 0 Å². The highest BCUT2D eigenvalue weighted by molar-refractivity contribution is 5.56. The second-order valence-electron chi connectivity index (χ2n) is 5.20. The van der Waals surface area contributed by atoms with Crippen LogP contribution >= 0.6 is 0 Å². The van der Waals surface area contributed by atoms with Crippen molar-refractivity contribution >= 4 is 11.7 Å². The second-order valence-corrected chi connectivity index (χ2v) is 5.20. The SMILES string of the molecule is C=C(OCC)c1cnc(N2CC[C@@H](NC)[C@@H](CO)C2)nc1. The Balaban J connectivity index is 2.04. The van der Waals surface area contributed by atoms with E-state index >= 15 is 0 Å². The van der Waals surface area contributed by atoms with Crippen LogP contribution in [0.5, 0.6) is 0 Å². The molecule has 0 spiro atoms. The molecule has 2 atom stereocenters. The molecule has 1 aromatic rings. The third-order valence-electron chi connectivity index (χ3n) is 3.90. The normalized spacial score (nSPS) is 22.1. The monoisotopic (exact) mass is 292 g/mol. The molecule has 0 saturated carbocycles. The lowest BCUT2D eigenvalue weighted by Crippen LogP contribution is -2.50. The maximum atomic E-state index is 9.50. The zero-order chi connectivity index (χ0) is 15.2. The number of ether oxygens (including phenoxy) is 1. The Morgan fingerprint density at radius 1 is 1.52 bits per heavy atom. The minimum atomic E-state index is 0.168. The highest BCUT2D eigenvalue weighted by atomic mass is 16.5. The molecule has 6 heteroatoms. The van der Waals surface area contributed by atoms with Gasteiger partial charge in [-0.25, -0.2) is 9.97 Å². The molecule has 6 nitrogen and oxygen atoms in total. The summed E-state index contributed by atoms with van der Waals surface area (Å²) in [5.74, 6) is 1.48. The maximum Gasteiger partial charge on any atom is 0.225 e. The maximum absolute atomic E-state index is 9.50. The van der Waals surface area contributed by atoms with E-state index in [1.54, 1.807) is 12.4 Å². The van der Waals surface area contributed by atoms with Crippen LogP contribution in [0.4, 0.5) is 5.95 Å². The number of anilines is 1. The van der Waals surface area contributed by atoms with E-state index in [1.807, 2.05) is 14.0 Å². The molecule has 2 heterocycles. The molecule has 0 aromatic carbocycles. The number of aliphatic hydroxyl groups excluding tert-OH is 1. The van der Waals surface area contributed by atoms with Crippen molar-refractivity contribution < 1.29 is 9.84 Å². The topological polar surface area (TPSA) is 70.5 Å². The lowest BCUT2D eigenvalue weighted by atomic mass is 9.93. The van der Waals surface area contributed by atoms with Gasteiger partial charge in [0.1, 0.15) is 5.76 Å². The number of nitrogens with one attached hydrogen (secondary N) is 1. The van der Waals surface area contributed by atoms with Crippen molar-refractivity contribution in [2.24, 2.45) is 5.92 Å². The van der Waals surface area contributed by atoms with Crippen LogP contribution in [0.3, 0.4) is 0 Å². The van der Waals surface area contributed by atoms with Gasteiger partial charge in [0, 0.05) is 44.0 Å². The molecule has 0 radical (unpaired) electrons. The fourth-order valence-electron chi connectivity index (χ4n) is 2.66. The van der Waals surface area contributed by atoms with E-state index in [0.29, 0.717) is 24.4 Å². The van der Waals surface area contributed by atoms with Crippen LogP contribution in [-0.2, 0) is 4.74 Å². The Labute approximate surface area is 125 Å². The van der Waals surface area contributed by atoms with Gasteiger partial charge < -0.3 is 20.1 Å². The first-order valence-corrected chi connectivity index (χ1v) is 7.36. The lowest BCUT2D eigenvalue weighted by Gasteiger charge is -2.37. The van der Waals surface area contributed by atoms with E-state index in [1.165, 1.54) is 0 Å². The Morgan fingerprint density at radius 2 is 2.24 bits per heavy atom. The first-order valence-electron chi connectivity index (χ1n) is 7.36. The number of nitrogens with zero attached hydrogens (tertiary/aromatic N) is 3. The van der Waals surface area contributed by atoms with Gasteiger partial charge in [-0.1, -0.05) is 6.58 Å². The Kier molecular flexibility index (Phi) is 5.52. The first kappa shape index (κ1) is 15.7. The summed E-state index contributed by atoms with van der Waals surface area (Å²) in [5, 5.41) is 12.8. The standard InChI is InChI=1S/C15H24N4O2/c1-4-21-11(2)12-7-17-15(18-8-12)19-6-5-14(16-3)13(9-19)10-20/h7-8,13-14,16,20H,2,4-6,9-10H2,1,3H3/t13-,14-/m1/s1. The molecule has 0 bridgehead atoms. The number of hydrogen-bond donors (Lipinski definition) is 2. The van der Waals surface area contributed by atoms with Crippen LogP contribution in [0.2, 0.25) is 0 Å². The van der Waals surface area contributed by atoms with Crippen molar-refractivity contribution in [1.82, 2.24) is 15.3 Å². The van der Waals surface area contributed by atoms with Gasteiger partial charge in [0.15, 0.2) is 0 Å². The van der Waals surface area contributed by atoms with E-state index in [2.05, 4.69) is 26.8 Å². The molecular formula is C15H24N4O2. The quantitative estimate of drug-likeness (QED) is 0.759. The van der Waals surface area contributed by atoms with Crippen molar-refractivity contribution in [3.05, 3.63) is 24.5 Å². The average Bonchev–Trinajstić information content (AvgIpc) is 2.54. The molecule has 1 fully saturated rings. The first-order chi connectivity index (χ1) is 10.2. The fourth-order valence-corrected chi connectivity index (χ4v) is 2.66. The minimum absolute atomic E-state index is 0.168. The van der Waals surface area contributed by atoms with Gasteiger partial charge in [0.2, 0.25) is 5.95 Å². The van der Waals surface area contributed by atoms with Crippen molar-refractivity contribution in [1.29, 1.82) is 0 Å². The average molecular weight is 292 g/mol. The van der Waals surface area contributed by atoms with Gasteiger partial charge in [-0.05, 0) is 20.4 Å². The molecule has 21 heavy (non-hydrogen) atoms. The molecular weight excluding hydrogens is 268 g/mol. The van der Waals surface area contributed by atoms with Crippen molar-refractivity contribution in [3.8, 4) is 0 Å². The molecule has 1 aromatic heterocycles. The largest absolute Gasteiger partial charge is 0.494 e. The third-order valence-corrected chi connectivity index (χ3v) is 3.90. The van der Waals surface area contributed by atoms with Gasteiger partial charge >= 0.3 is 0 Å². The van der Waals surface area contributed by atoms with Crippen LogP contribution in [0.25, 0.3) is 5.76 Å². The number of aliphatic hydroxyl groups is 1. The van der Waals surface area contributed by atoms with Gasteiger partial charge in [-0.3, -0.25) is 0 Å². The van der Waals surface area contributed by atoms with Crippen molar-refractivity contribution in [3.63, 3.8) is 0 Å². The van der Waals surface area contributed by atoms with E-state index < -0.39 is 0 Å². The summed E-state index contributed by atoms with van der Waals surface area (Å²) in [5.41, 5.74) is 0.796. The zero-order valence-corrected chi connectivity index (χ0v) is 12.7. The van der Waals surface area contributed by atoms with Crippen LogP contribution in [0.15, 0.2) is 19.0 Å². The summed E-state index contributed by atoms with van der Waals surface area (Å²) >= 11 is 0. The Morgan fingerprint density at radius 3 is 2.81 bits per heavy atom. The molecule has 1 saturated heterocycles. The van der Waals surface area contributed by atoms with E-state index in [4.69, 9.17) is 4.74 Å². The van der Waals surface area contributed by atoms with E-state index in [9.17, 15) is 5.11 Å². The van der Waals surface area contributed by atoms with Gasteiger partial charge in [-0.15, -0.1) is 0 Å². The predicted octanol–water partition coefficient (Wildman–Crippen LogP) is 0.890. The molecule has 2 rings (SSSR count). The minimum Gasteiger partial charge on any atom is -0.494 e. The molecule has 116 valence electrons. The number of aromatic nitrogens is 2. The number of rotatable bonds is 6. The third kappa shape index (κ3) is 3.71. The molecule has 1 aliphatic rings. The van der Waals surface area contributed by atoms with Crippen LogP contribution in [0, 0.1) is 5.92 Å². The summed E-state index contributed by atoms with van der Waals surface area (Å²) in [6.07, 6.45) is 4.44. The predicted molar refractivity (Wildman–Crippen MR) is 82.9 cm³/mol. The van der Waals surface area contributed by atoms with Crippen molar-refractivity contribution in [2.75, 3.05) is 38.3 Å². The summed E-state index contributed by atoms with van der Waals surface area (Å²) in [6.45, 7) is 8.15. The molecule has 1 aliphatic heterocycles. The van der Waals surface area contributed by atoms with Gasteiger partial charge in [-0.2, -0.15) is 0 Å². The molecule has 0 unspecified atom stereocenters. The Hall–Kier alpha value is -1.66. The van der Waals surface area contributed by atoms with Crippen LogP contribution < -0.4 is 10.2 Å². The number of hydrogen-bond acceptors (Lipinski definition) is 6. The summed E-state index contributed by atoms with van der Waals surface area (Å²) < 4.78 is 5.35. The highest BCUT2D eigenvalue weighted by Crippen LogP contribution is 2.21. The Bertz CT molecular complexity index is 463. The summed E-state index contributed by atoms with van der Waals surface area (Å²) in [6, 6.07) is 0.350. The smallest absolute Gasteiger partial charge is 0.225 e. The van der Waals surface area contributed by atoms with Gasteiger partial charge in [0.05, 0.1) is 12.2 Å². The fraction of sp³-hybridized carbons (Fsp3) is 0.600. The number of piperidine rings is 1.